The number of benzene rings is 1. The maximum absolute atomic E-state index is 13.3. The number of amides is 1. The Bertz CT molecular complexity index is 771. The lowest BCUT2D eigenvalue weighted by atomic mass is 9.58. The predicted octanol–water partition coefficient (Wildman–Crippen LogP) is 2.19. The van der Waals surface area contributed by atoms with Crippen LogP contribution in [0.2, 0.25) is 0 Å². The van der Waals surface area contributed by atoms with Crippen molar-refractivity contribution in [3.8, 4) is 0 Å². The molecule has 2 unspecified atom stereocenters. The Morgan fingerprint density at radius 1 is 1.08 bits per heavy atom. The Kier molecular flexibility index (Phi) is 2.93. The lowest BCUT2D eigenvalue weighted by molar-refractivity contribution is -0.231. The van der Waals surface area contributed by atoms with Gasteiger partial charge in [-0.1, -0.05) is 44.9 Å². The van der Waals surface area contributed by atoms with Gasteiger partial charge in [0.25, 0.3) is 5.91 Å². The van der Waals surface area contributed by atoms with E-state index in [0.717, 1.165) is 30.5 Å². The number of rotatable bonds is 3. The van der Waals surface area contributed by atoms with Crippen LogP contribution < -0.4 is 5.32 Å². The molecule has 5 nitrogen and oxygen atoms in total. The van der Waals surface area contributed by atoms with E-state index in [9.17, 15) is 9.59 Å². The van der Waals surface area contributed by atoms with E-state index in [4.69, 9.17) is 0 Å². The number of nitrogens with one attached hydrogen (secondary N) is 1. The monoisotopic (exact) mass is 339 g/mol. The van der Waals surface area contributed by atoms with Crippen molar-refractivity contribution in [3.05, 3.63) is 29.8 Å². The van der Waals surface area contributed by atoms with E-state index >= 15 is 0 Å². The van der Waals surface area contributed by atoms with Crippen LogP contribution in [-0.4, -0.2) is 47.7 Å². The van der Waals surface area contributed by atoms with E-state index in [1.54, 1.807) is 0 Å². The van der Waals surface area contributed by atoms with Crippen molar-refractivity contribution in [3.63, 3.8) is 0 Å². The Morgan fingerprint density at radius 2 is 1.76 bits per heavy atom. The summed E-state index contributed by atoms with van der Waals surface area (Å²) < 4.78 is 0. The highest BCUT2D eigenvalue weighted by Crippen LogP contribution is 2.58. The molecule has 0 saturated carbocycles. The van der Waals surface area contributed by atoms with E-state index in [0.29, 0.717) is 32.0 Å². The van der Waals surface area contributed by atoms with Crippen molar-refractivity contribution < 1.29 is 9.59 Å². The minimum Gasteiger partial charge on any atom is -0.323 e. The summed E-state index contributed by atoms with van der Waals surface area (Å²) in [4.78, 5) is 31.1. The molecule has 1 aromatic carbocycles. The lowest BCUT2D eigenvalue weighted by Crippen LogP contribution is -2.83. The fourth-order valence-corrected chi connectivity index (χ4v) is 6.01. The molecule has 0 aromatic heterocycles. The second kappa shape index (κ2) is 4.71. The molecule has 5 heterocycles. The number of unbranched alkanes of at least 4 members (excludes halogenated alkanes) is 1. The first kappa shape index (κ1) is 15.5. The standard InChI is InChI=1S/C20H25N3O2/c1-3-4-9-19-12-22-10-18(2,16(19)24)11-23(13-19)20(22)14-7-5-6-8-15(14)21-17(20)25/h5-8H,3-4,9-13H2,1-2H3,(H,21,25). The molecule has 5 aliphatic rings. The number of nitrogens with zero attached hydrogens (tertiary/aromatic N) is 2. The first-order valence-electron chi connectivity index (χ1n) is 9.42. The molecule has 0 radical (unpaired) electrons. The molecule has 1 N–H and O–H groups in total. The molecule has 2 atom stereocenters. The zero-order valence-electron chi connectivity index (χ0n) is 15.0. The number of carbonyl (C=O) groups excluding carboxylic acids is 2. The van der Waals surface area contributed by atoms with Crippen LogP contribution in [0.5, 0.6) is 0 Å². The molecular formula is C20H25N3O2. The second-order valence-corrected chi connectivity index (χ2v) is 8.66. The fraction of sp³-hybridized carbons (Fsp3) is 0.600. The summed E-state index contributed by atoms with van der Waals surface area (Å²) in [6.07, 6.45) is 3.10. The van der Waals surface area contributed by atoms with Crippen LogP contribution >= 0.6 is 0 Å². The highest BCUT2D eigenvalue weighted by molar-refractivity contribution is 6.07. The second-order valence-electron chi connectivity index (χ2n) is 8.66. The van der Waals surface area contributed by atoms with E-state index in [-0.39, 0.29) is 16.7 Å². The number of hydrogen-bond donors (Lipinski definition) is 1. The fourth-order valence-electron chi connectivity index (χ4n) is 6.01. The number of para-hydroxylation sites is 1. The maximum Gasteiger partial charge on any atom is 0.264 e. The average molecular weight is 339 g/mol. The largest absolute Gasteiger partial charge is 0.323 e. The third-order valence-corrected chi connectivity index (χ3v) is 6.89. The van der Waals surface area contributed by atoms with Gasteiger partial charge in [0.15, 0.2) is 5.66 Å². The molecule has 4 saturated heterocycles. The van der Waals surface area contributed by atoms with Crippen molar-refractivity contribution in [2.45, 2.75) is 38.8 Å². The van der Waals surface area contributed by atoms with Gasteiger partial charge >= 0.3 is 0 Å². The van der Waals surface area contributed by atoms with Crippen LogP contribution in [0, 0.1) is 10.8 Å². The molecule has 25 heavy (non-hydrogen) atoms. The molecule has 0 aliphatic carbocycles. The summed E-state index contributed by atoms with van der Waals surface area (Å²) in [6, 6.07) is 8.02. The molecule has 4 bridgehead atoms. The smallest absolute Gasteiger partial charge is 0.264 e. The summed E-state index contributed by atoms with van der Waals surface area (Å²) >= 11 is 0. The molecule has 132 valence electrons. The molecular weight excluding hydrogens is 314 g/mol. The number of anilines is 1. The van der Waals surface area contributed by atoms with E-state index in [2.05, 4.69) is 35.0 Å². The van der Waals surface area contributed by atoms with Crippen molar-refractivity contribution in [2.24, 2.45) is 10.8 Å². The normalized spacial score (nSPS) is 43.6. The summed E-state index contributed by atoms with van der Waals surface area (Å²) in [5, 5.41) is 3.09. The Morgan fingerprint density at radius 3 is 2.44 bits per heavy atom. The van der Waals surface area contributed by atoms with Crippen molar-refractivity contribution in [1.29, 1.82) is 0 Å². The van der Waals surface area contributed by atoms with Gasteiger partial charge < -0.3 is 5.32 Å². The molecule has 5 heteroatoms. The van der Waals surface area contributed by atoms with Crippen LogP contribution in [0.25, 0.3) is 0 Å². The molecule has 6 rings (SSSR count). The predicted molar refractivity (Wildman–Crippen MR) is 95.0 cm³/mol. The lowest BCUT2D eigenvalue weighted by Gasteiger charge is -2.68. The zero-order chi connectivity index (χ0) is 17.4. The van der Waals surface area contributed by atoms with Crippen molar-refractivity contribution >= 4 is 17.4 Å². The van der Waals surface area contributed by atoms with Crippen LogP contribution in [0.4, 0.5) is 5.69 Å². The molecule has 4 fully saturated rings. The van der Waals surface area contributed by atoms with Gasteiger partial charge in [0.05, 0.1) is 10.8 Å². The van der Waals surface area contributed by atoms with Crippen LogP contribution in [0.3, 0.4) is 0 Å². The Balaban J connectivity index is 1.65. The van der Waals surface area contributed by atoms with Crippen LogP contribution in [-0.2, 0) is 15.3 Å². The average Bonchev–Trinajstić information content (AvgIpc) is 2.87. The number of fused-ring (bicyclic) bond motifs is 1. The summed E-state index contributed by atoms with van der Waals surface area (Å²) in [6.45, 7) is 7.05. The first-order chi connectivity index (χ1) is 12.0. The Hall–Kier alpha value is -1.72. The SMILES string of the molecule is CCCCC12CN3CC(C)(CN(C1)C31C(=O)Nc3ccccc31)C2=O. The number of piperidine rings is 2. The first-order valence-corrected chi connectivity index (χ1v) is 9.42. The minimum atomic E-state index is -0.716. The van der Waals surface area contributed by atoms with Crippen molar-refractivity contribution in [2.75, 3.05) is 31.5 Å². The van der Waals surface area contributed by atoms with Gasteiger partial charge in [-0.05, 0) is 12.5 Å². The van der Waals surface area contributed by atoms with Gasteiger partial charge in [0.2, 0.25) is 0 Å². The Labute approximate surface area is 148 Å². The van der Waals surface area contributed by atoms with Crippen LogP contribution in [0.15, 0.2) is 24.3 Å². The van der Waals surface area contributed by atoms with Gasteiger partial charge in [-0.2, -0.15) is 0 Å². The maximum atomic E-state index is 13.3. The van der Waals surface area contributed by atoms with Gasteiger partial charge in [-0.25, -0.2) is 0 Å². The van der Waals surface area contributed by atoms with Gasteiger partial charge in [-0.15, -0.1) is 0 Å². The molecule has 5 aliphatic heterocycles. The van der Waals surface area contributed by atoms with Gasteiger partial charge in [0.1, 0.15) is 5.78 Å². The summed E-state index contributed by atoms with van der Waals surface area (Å²) in [7, 11) is 0. The van der Waals surface area contributed by atoms with E-state index < -0.39 is 5.66 Å². The number of Topliss-reactive ketones (excluding diaryl/α,β-unsaturated/α-hetero) is 1. The van der Waals surface area contributed by atoms with E-state index in [1.165, 1.54) is 0 Å². The summed E-state index contributed by atoms with van der Waals surface area (Å²) in [5.74, 6) is 0.483. The topological polar surface area (TPSA) is 52.6 Å². The zero-order valence-corrected chi connectivity index (χ0v) is 15.0. The minimum absolute atomic E-state index is 0.0502. The molecule has 1 spiro atoms. The quantitative estimate of drug-likeness (QED) is 0.917. The van der Waals surface area contributed by atoms with Gasteiger partial charge in [-0.3, -0.25) is 19.4 Å². The molecule has 1 amide bonds. The number of hydrogen-bond acceptors (Lipinski definition) is 4. The molecule has 1 aromatic rings. The number of ketones is 1. The highest BCUT2D eigenvalue weighted by Gasteiger charge is 2.71. The van der Waals surface area contributed by atoms with Crippen LogP contribution in [0.1, 0.15) is 38.7 Å². The third-order valence-electron chi connectivity index (χ3n) is 6.89. The van der Waals surface area contributed by atoms with Gasteiger partial charge in [0, 0.05) is 37.4 Å². The van der Waals surface area contributed by atoms with Crippen molar-refractivity contribution in [1.82, 2.24) is 9.80 Å². The number of carbonyl (C=O) groups is 2. The third kappa shape index (κ3) is 1.66. The summed E-state index contributed by atoms with van der Waals surface area (Å²) in [5.41, 5.74) is 0.601. The highest BCUT2D eigenvalue weighted by atomic mass is 16.2. The van der Waals surface area contributed by atoms with E-state index in [1.807, 2.05) is 18.2 Å².